The number of benzene rings is 1. The Kier molecular flexibility index (Phi) is 2.21. The molecule has 0 atom stereocenters. The van der Waals surface area contributed by atoms with E-state index in [-0.39, 0.29) is 5.36 Å². The van der Waals surface area contributed by atoms with Gasteiger partial charge >= 0.3 is 0 Å². The normalized spacial score (nSPS) is 11.9. The molecule has 0 saturated carbocycles. The van der Waals surface area contributed by atoms with Gasteiger partial charge in [0.15, 0.2) is 5.36 Å². The molecule has 2 aromatic rings. The molecule has 0 unspecified atom stereocenters. The van der Waals surface area contributed by atoms with Gasteiger partial charge in [-0.25, -0.2) is 4.68 Å². The molecule has 0 aliphatic carbocycles. The van der Waals surface area contributed by atoms with E-state index in [2.05, 4.69) is 10.3 Å². The fraction of sp³-hybridized carbons (Fsp3) is 0.100. The average molecular weight is 203 g/mol. The summed E-state index contributed by atoms with van der Waals surface area (Å²) < 4.78 is 1.13. The molecule has 5 heteroatoms. The Labute approximate surface area is 84.9 Å². The van der Waals surface area contributed by atoms with Crippen LogP contribution in [0.3, 0.4) is 0 Å². The molecule has 1 aromatic carbocycles. The Morgan fingerprint density at radius 3 is 2.87 bits per heavy atom. The summed E-state index contributed by atoms with van der Waals surface area (Å²) in [4.78, 5) is 11.7. The van der Waals surface area contributed by atoms with Gasteiger partial charge in [0.25, 0.3) is 5.56 Å². The molecule has 0 aliphatic rings. The Hall–Kier alpha value is -2.17. The van der Waals surface area contributed by atoms with Crippen LogP contribution in [0.5, 0.6) is 0 Å². The standard InChI is InChI=1S/C10H9N3O2/c1-13-10(14)9(12-15)8-5-3-2-4-7(8)6-11-13/h2-6,15H,1H3/b12-9+. The van der Waals surface area contributed by atoms with Crippen LogP contribution in [0, 0.1) is 0 Å². The van der Waals surface area contributed by atoms with Crippen molar-refractivity contribution in [3.05, 3.63) is 46.2 Å². The van der Waals surface area contributed by atoms with Crippen molar-refractivity contribution in [1.29, 1.82) is 0 Å². The summed E-state index contributed by atoms with van der Waals surface area (Å²) in [5.41, 5.74) is -0.432. The smallest absolute Gasteiger partial charge is 0.296 e. The Bertz CT molecular complexity index is 631. The van der Waals surface area contributed by atoms with Gasteiger partial charge in [0.2, 0.25) is 0 Å². The highest BCUT2D eigenvalue weighted by Gasteiger charge is 2.00. The lowest BCUT2D eigenvalue weighted by Crippen LogP contribution is -2.31. The maximum atomic E-state index is 11.7. The molecule has 0 radical (unpaired) electrons. The third kappa shape index (κ3) is 1.48. The quantitative estimate of drug-likeness (QED) is 0.492. The number of nitrogens with zero attached hydrogens (tertiary/aromatic N) is 3. The van der Waals surface area contributed by atoms with Crippen LogP contribution in [0.4, 0.5) is 0 Å². The molecular formula is C10H9N3O2. The van der Waals surface area contributed by atoms with E-state index in [1.807, 2.05) is 6.07 Å². The lowest BCUT2D eigenvalue weighted by Gasteiger charge is -1.87. The van der Waals surface area contributed by atoms with Gasteiger partial charge in [-0.3, -0.25) is 4.79 Å². The van der Waals surface area contributed by atoms with E-state index >= 15 is 0 Å². The van der Waals surface area contributed by atoms with E-state index in [1.54, 1.807) is 24.4 Å². The lowest BCUT2D eigenvalue weighted by atomic mass is 10.2. The molecule has 0 bridgehead atoms. The second-order valence-electron chi connectivity index (χ2n) is 3.11. The Morgan fingerprint density at radius 1 is 1.40 bits per heavy atom. The molecule has 15 heavy (non-hydrogen) atoms. The van der Waals surface area contributed by atoms with Crippen LogP contribution >= 0.6 is 0 Å². The lowest BCUT2D eigenvalue weighted by molar-refractivity contribution is 0.301. The van der Waals surface area contributed by atoms with Gasteiger partial charge in [-0.2, -0.15) is 5.10 Å². The average Bonchev–Trinajstić information content (AvgIpc) is 2.38. The molecule has 0 amide bonds. The summed E-state index contributed by atoms with van der Waals surface area (Å²) in [5.74, 6) is 0. The molecule has 1 heterocycles. The molecule has 5 nitrogen and oxygen atoms in total. The molecule has 0 fully saturated rings. The van der Waals surface area contributed by atoms with Crippen molar-refractivity contribution in [1.82, 2.24) is 9.78 Å². The third-order valence-electron chi connectivity index (χ3n) is 2.18. The summed E-state index contributed by atoms with van der Waals surface area (Å²) >= 11 is 0. The summed E-state index contributed by atoms with van der Waals surface area (Å²) in [7, 11) is 1.51. The zero-order valence-corrected chi connectivity index (χ0v) is 8.08. The van der Waals surface area contributed by atoms with E-state index in [9.17, 15) is 4.79 Å². The van der Waals surface area contributed by atoms with E-state index in [1.165, 1.54) is 7.05 Å². The minimum absolute atomic E-state index is 0.00519. The first kappa shape index (κ1) is 9.39. The predicted octanol–water partition coefficient (Wildman–Crippen LogP) is 0.223. The molecule has 1 N–H and O–H groups in total. The molecular weight excluding hydrogens is 194 g/mol. The van der Waals surface area contributed by atoms with Crippen molar-refractivity contribution in [2.24, 2.45) is 12.2 Å². The van der Waals surface area contributed by atoms with Crippen LogP contribution in [0.1, 0.15) is 0 Å². The summed E-state index contributed by atoms with van der Waals surface area (Å²) in [6.07, 6.45) is 1.56. The fourth-order valence-electron chi connectivity index (χ4n) is 1.39. The van der Waals surface area contributed by atoms with Crippen LogP contribution in [-0.2, 0) is 7.05 Å². The van der Waals surface area contributed by atoms with Gasteiger partial charge in [-0.05, 0) is 0 Å². The Balaban J connectivity index is 3.19. The van der Waals surface area contributed by atoms with Gasteiger partial charge in [-0.1, -0.05) is 29.4 Å². The monoisotopic (exact) mass is 203 g/mol. The summed E-state index contributed by atoms with van der Waals surface area (Å²) in [6.45, 7) is 0. The van der Waals surface area contributed by atoms with Crippen LogP contribution in [-0.4, -0.2) is 15.0 Å². The first-order valence-electron chi connectivity index (χ1n) is 4.37. The van der Waals surface area contributed by atoms with E-state index < -0.39 is 5.56 Å². The first-order chi connectivity index (χ1) is 7.24. The topological polar surface area (TPSA) is 67.5 Å². The molecule has 2 rings (SSSR count). The van der Waals surface area contributed by atoms with Crippen LogP contribution in [0.2, 0.25) is 0 Å². The molecule has 1 aromatic heterocycles. The predicted molar refractivity (Wildman–Crippen MR) is 54.3 cm³/mol. The van der Waals surface area contributed by atoms with Crippen molar-refractivity contribution >= 4 is 10.8 Å². The minimum Gasteiger partial charge on any atom is -0.410 e. The second-order valence-corrected chi connectivity index (χ2v) is 3.11. The van der Waals surface area contributed by atoms with Gasteiger partial charge in [0.1, 0.15) is 0 Å². The van der Waals surface area contributed by atoms with Crippen molar-refractivity contribution in [2.75, 3.05) is 0 Å². The number of hydrogen-bond donors (Lipinski definition) is 1. The highest BCUT2D eigenvalue weighted by atomic mass is 16.4. The van der Waals surface area contributed by atoms with Crippen LogP contribution in [0.25, 0.3) is 10.8 Å². The zero-order valence-electron chi connectivity index (χ0n) is 8.08. The summed E-state index contributed by atoms with van der Waals surface area (Å²) in [5, 5.41) is 17.1. The molecule has 0 spiro atoms. The zero-order chi connectivity index (χ0) is 10.8. The number of hydrogen-bond acceptors (Lipinski definition) is 4. The fourth-order valence-corrected chi connectivity index (χ4v) is 1.39. The number of rotatable bonds is 0. The van der Waals surface area contributed by atoms with E-state index in [0.29, 0.717) is 5.39 Å². The highest BCUT2D eigenvalue weighted by Crippen LogP contribution is 2.04. The van der Waals surface area contributed by atoms with E-state index in [4.69, 9.17) is 5.21 Å². The molecule has 0 saturated heterocycles. The number of aryl methyl sites for hydroxylation is 1. The largest absolute Gasteiger partial charge is 0.410 e. The molecule has 76 valence electrons. The van der Waals surface area contributed by atoms with Crippen LogP contribution in [0.15, 0.2) is 40.4 Å². The van der Waals surface area contributed by atoms with Crippen LogP contribution < -0.4 is 10.9 Å². The van der Waals surface area contributed by atoms with Gasteiger partial charge in [0, 0.05) is 17.8 Å². The SMILES string of the molecule is Cn1ncc2ccccc2/c(=N\O)c1=O. The Morgan fingerprint density at radius 2 is 2.13 bits per heavy atom. The number of aromatic nitrogens is 2. The maximum absolute atomic E-state index is 11.7. The molecule has 0 aliphatic heterocycles. The third-order valence-corrected chi connectivity index (χ3v) is 2.18. The van der Waals surface area contributed by atoms with E-state index in [0.717, 1.165) is 10.1 Å². The maximum Gasteiger partial charge on any atom is 0.296 e. The van der Waals surface area contributed by atoms with Crippen molar-refractivity contribution < 1.29 is 5.21 Å². The summed E-state index contributed by atoms with van der Waals surface area (Å²) in [6, 6.07) is 7.12. The second kappa shape index (κ2) is 3.53. The van der Waals surface area contributed by atoms with Crippen molar-refractivity contribution in [2.45, 2.75) is 0 Å². The van der Waals surface area contributed by atoms with Gasteiger partial charge < -0.3 is 5.21 Å². The van der Waals surface area contributed by atoms with Gasteiger partial charge in [0.05, 0.1) is 6.20 Å². The van der Waals surface area contributed by atoms with Crippen molar-refractivity contribution in [3.8, 4) is 0 Å². The van der Waals surface area contributed by atoms with Gasteiger partial charge in [-0.15, -0.1) is 0 Å². The number of fused-ring (bicyclic) bond motifs is 1. The first-order valence-corrected chi connectivity index (χ1v) is 4.37. The van der Waals surface area contributed by atoms with Crippen molar-refractivity contribution in [3.63, 3.8) is 0 Å². The highest BCUT2D eigenvalue weighted by molar-refractivity contribution is 5.80. The minimum atomic E-state index is -0.432.